The first kappa shape index (κ1) is 10.9. The molecule has 0 rings (SSSR count). The Morgan fingerprint density at radius 2 is 2.00 bits per heavy atom. The summed E-state index contributed by atoms with van der Waals surface area (Å²) in [5, 5.41) is 9.32. The lowest BCUT2D eigenvalue weighted by Crippen LogP contribution is -2.22. The van der Waals surface area contributed by atoms with Gasteiger partial charge in [-0.25, -0.2) is 0 Å². The average molecular weight is 160 g/mol. The Kier molecular flexibility index (Phi) is 4.69. The molecule has 0 amide bonds. The Morgan fingerprint density at radius 3 is 2.36 bits per heavy atom. The highest BCUT2D eigenvalue weighted by molar-refractivity contribution is 4.63. The summed E-state index contributed by atoms with van der Waals surface area (Å²) >= 11 is 0. The Morgan fingerprint density at radius 1 is 1.45 bits per heavy atom. The van der Waals surface area contributed by atoms with Gasteiger partial charge in [-0.3, -0.25) is 0 Å². The minimum atomic E-state index is -0.590. The van der Waals surface area contributed by atoms with Crippen LogP contribution in [0.15, 0.2) is 0 Å². The van der Waals surface area contributed by atoms with E-state index in [0.29, 0.717) is 19.1 Å². The van der Waals surface area contributed by atoms with Crippen molar-refractivity contribution in [3.05, 3.63) is 0 Å². The SMILES string of the molecule is CCC(C)OCCC(C)(C)O. The lowest BCUT2D eigenvalue weighted by Gasteiger charge is -2.18. The molecule has 0 radical (unpaired) electrons. The van der Waals surface area contributed by atoms with Crippen molar-refractivity contribution in [3.63, 3.8) is 0 Å². The molecule has 0 aliphatic rings. The molecule has 0 aliphatic carbocycles. The zero-order chi connectivity index (χ0) is 8.91. The second-order valence-electron chi connectivity index (χ2n) is 3.65. The number of ether oxygens (including phenoxy) is 1. The molecule has 2 nitrogen and oxygen atoms in total. The van der Waals surface area contributed by atoms with E-state index >= 15 is 0 Å². The molecule has 0 heterocycles. The van der Waals surface area contributed by atoms with Crippen molar-refractivity contribution >= 4 is 0 Å². The topological polar surface area (TPSA) is 29.5 Å². The minimum absolute atomic E-state index is 0.317. The Balaban J connectivity index is 3.28. The van der Waals surface area contributed by atoms with Crippen LogP contribution in [0.2, 0.25) is 0 Å². The van der Waals surface area contributed by atoms with Gasteiger partial charge < -0.3 is 9.84 Å². The molecule has 1 unspecified atom stereocenters. The third-order valence-corrected chi connectivity index (χ3v) is 1.69. The summed E-state index contributed by atoms with van der Waals surface area (Å²) in [5.41, 5.74) is -0.590. The first-order valence-corrected chi connectivity index (χ1v) is 4.29. The zero-order valence-corrected chi connectivity index (χ0v) is 8.05. The van der Waals surface area contributed by atoms with Crippen LogP contribution >= 0.6 is 0 Å². The highest BCUT2D eigenvalue weighted by atomic mass is 16.5. The van der Waals surface area contributed by atoms with Gasteiger partial charge in [0.1, 0.15) is 0 Å². The van der Waals surface area contributed by atoms with Gasteiger partial charge in [0, 0.05) is 6.61 Å². The molecule has 1 atom stereocenters. The van der Waals surface area contributed by atoms with Gasteiger partial charge in [-0.1, -0.05) is 6.92 Å². The molecule has 0 aromatic carbocycles. The smallest absolute Gasteiger partial charge is 0.0613 e. The molecule has 0 fully saturated rings. The van der Waals surface area contributed by atoms with Crippen LogP contribution < -0.4 is 0 Å². The van der Waals surface area contributed by atoms with Gasteiger partial charge in [-0.2, -0.15) is 0 Å². The predicted molar refractivity (Wildman–Crippen MR) is 46.6 cm³/mol. The molecular formula is C9H20O2. The summed E-state index contributed by atoms with van der Waals surface area (Å²) in [6.45, 7) is 8.39. The molecule has 0 aromatic rings. The molecule has 0 spiro atoms. The van der Waals surface area contributed by atoms with E-state index in [4.69, 9.17) is 4.74 Å². The van der Waals surface area contributed by atoms with Crippen LogP contribution in [0.1, 0.15) is 40.5 Å². The molecule has 0 bridgehead atoms. The van der Waals surface area contributed by atoms with E-state index in [9.17, 15) is 5.11 Å². The quantitative estimate of drug-likeness (QED) is 0.666. The maximum Gasteiger partial charge on any atom is 0.0613 e. The van der Waals surface area contributed by atoms with Crippen LogP contribution in [0.4, 0.5) is 0 Å². The summed E-state index contributed by atoms with van der Waals surface area (Å²) in [4.78, 5) is 0. The van der Waals surface area contributed by atoms with Crippen LogP contribution in [0.5, 0.6) is 0 Å². The predicted octanol–water partition coefficient (Wildman–Crippen LogP) is 1.96. The second-order valence-corrected chi connectivity index (χ2v) is 3.65. The monoisotopic (exact) mass is 160 g/mol. The van der Waals surface area contributed by atoms with Crippen molar-refractivity contribution < 1.29 is 9.84 Å². The summed E-state index contributed by atoms with van der Waals surface area (Å²) in [6, 6.07) is 0. The summed E-state index contributed by atoms with van der Waals surface area (Å²) in [7, 11) is 0. The minimum Gasteiger partial charge on any atom is -0.390 e. The van der Waals surface area contributed by atoms with Crippen LogP contribution in [0.25, 0.3) is 0 Å². The first-order valence-electron chi connectivity index (χ1n) is 4.29. The van der Waals surface area contributed by atoms with E-state index in [1.807, 2.05) is 6.92 Å². The Hall–Kier alpha value is -0.0800. The van der Waals surface area contributed by atoms with Crippen molar-refractivity contribution in [1.82, 2.24) is 0 Å². The third-order valence-electron chi connectivity index (χ3n) is 1.69. The second kappa shape index (κ2) is 4.73. The van der Waals surface area contributed by atoms with Gasteiger partial charge >= 0.3 is 0 Å². The molecule has 68 valence electrons. The number of aliphatic hydroxyl groups is 1. The van der Waals surface area contributed by atoms with Crippen molar-refractivity contribution in [1.29, 1.82) is 0 Å². The van der Waals surface area contributed by atoms with Crippen molar-refractivity contribution in [2.75, 3.05) is 6.61 Å². The van der Waals surface area contributed by atoms with E-state index in [2.05, 4.69) is 6.92 Å². The third kappa shape index (κ3) is 7.82. The van der Waals surface area contributed by atoms with Gasteiger partial charge in [0.2, 0.25) is 0 Å². The average Bonchev–Trinajstić information content (AvgIpc) is 1.85. The Bertz CT molecular complexity index is 94.2. The molecule has 1 N–H and O–H groups in total. The molecule has 0 saturated carbocycles. The van der Waals surface area contributed by atoms with Gasteiger partial charge in [0.25, 0.3) is 0 Å². The van der Waals surface area contributed by atoms with E-state index in [1.54, 1.807) is 13.8 Å². The van der Waals surface area contributed by atoms with Crippen molar-refractivity contribution in [2.45, 2.75) is 52.2 Å². The maximum atomic E-state index is 9.32. The highest BCUT2D eigenvalue weighted by Gasteiger charge is 2.12. The molecule has 0 saturated heterocycles. The van der Waals surface area contributed by atoms with Crippen LogP contribution in [0, 0.1) is 0 Å². The maximum absolute atomic E-state index is 9.32. The fraction of sp³-hybridized carbons (Fsp3) is 1.00. The molecule has 2 heteroatoms. The van der Waals surface area contributed by atoms with E-state index < -0.39 is 5.60 Å². The number of hydrogen-bond acceptors (Lipinski definition) is 2. The van der Waals surface area contributed by atoms with E-state index in [0.717, 1.165) is 6.42 Å². The summed E-state index contributed by atoms with van der Waals surface area (Å²) < 4.78 is 5.41. The standard InChI is InChI=1S/C9H20O2/c1-5-8(2)11-7-6-9(3,4)10/h8,10H,5-7H2,1-4H3. The molecular weight excluding hydrogens is 140 g/mol. The van der Waals surface area contributed by atoms with Gasteiger partial charge in [0.05, 0.1) is 11.7 Å². The largest absolute Gasteiger partial charge is 0.390 e. The van der Waals surface area contributed by atoms with Crippen molar-refractivity contribution in [3.8, 4) is 0 Å². The highest BCUT2D eigenvalue weighted by Crippen LogP contribution is 2.08. The van der Waals surface area contributed by atoms with Crippen LogP contribution in [-0.4, -0.2) is 23.4 Å². The molecule has 0 aliphatic heterocycles. The normalized spacial score (nSPS) is 15.0. The van der Waals surface area contributed by atoms with E-state index in [-0.39, 0.29) is 0 Å². The van der Waals surface area contributed by atoms with Crippen LogP contribution in [0.3, 0.4) is 0 Å². The van der Waals surface area contributed by atoms with Gasteiger partial charge in [0.15, 0.2) is 0 Å². The number of rotatable bonds is 5. The summed E-state index contributed by atoms with van der Waals surface area (Å²) in [6.07, 6.45) is 2.06. The van der Waals surface area contributed by atoms with Gasteiger partial charge in [-0.05, 0) is 33.6 Å². The Labute approximate surface area is 69.6 Å². The summed E-state index contributed by atoms with van der Waals surface area (Å²) in [5.74, 6) is 0. The fourth-order valence-corrected chi connectivity index (χ4v) is 0.628. The number of hydrogen-bond donors (Lipinski definition) is 1. The lowest BCUT2D eigenvalue weighted by molar-refractivity contribution is 0.00341. The zero-order valence-electron chi connectivity index (χ0n) is 8.05. The van der Waals surface area contributed by atoms with Crippen LogP contribution in [-0.2, 0) is 4.74 Å². The van der Waals surface area contributed by atoms with Gasteiger partial charge in [-0.15, -0.1) is 0 Å². The fourth-order valence-electron chi connectivity index (χ4n) is 0.628. The van der Waals surface area contributed by atoms with E-state index in [1.165, 1.54) is 0 Å². The molecule has 0 aromatic heterocycles. The molecule has 11 heavy (non-hydrogen) atoms. The lowest BCUT2D eigenvalue weighted by atomic mass is 10.1. The first-order chi connectivity index (χ1) is 4.95. The van der Waals surface area contributed by atoms with Crippen molar-refractivity contribution in [2.24, 2.45) is 0 Å².